The number of likely N-dealkylation sites (N-methyl/N-ethyl adjacent to an activating group) is 1. The van der Waals surface area contributed by atoms with Crippen molar-refractivity contribution < 1.29 is 9.84 Å². The summed E-state index contributed by atoms with van der Waals surface area (Å²) in [6.45, 7) is 3.61. The van der Waals surface area contributed by atoms with Gasteiger partial charge in [0, 0.05) is 18.1 Å². The molecule has 2 rings (SSSR count). The fourth-order valence-corrected chi connectivity index (χ4v) is 2.64. The fourth-order valence-electron chi connectivity index (χ4n) is 1.94. The minimum absolute atomic E-state index is 0.299. The Morgan fingerprint density at radius 2 is 2.20 bits per heavy atom. The van der Waals surface area contributed by atoms with Crippen molar-refractivity contribution in [3.63, 3.8) is 0 Å². The smallest absolute Gasteiger partial charge is 0.122 e. The van der Waals surface area contributed by atoms with E-state index in [1.54, 1.807) is 17.5 Å². The van der Waals surface area contributed by atoms with E-state index in [0.717, 1.165) is 22.9 Å². The zero-order valence-electron chi connectivity index (χ0n) is 11.8. The van der Waals surface area contributed by atoms with Gasteiger partial charge in [0.05, 0.1) is 6.54 Å². The SMILES string of the molecule is Cc1ccccc1OCC(O)CN(C)Cc1nccs1. The lowest BCUT2D eigenvalue weighted by molar-refractivity contribution is 0.0741. The molecular formula is C15H20N2O2S. The molecule has 0 saturated heterocycles. The number of thiazole rings is 1. The third-order valence-electron chi connectivity index (χ3n) is 2.94. The first-order valence-corrected chi connectivity index (χ1v) is 7.46. The number of para-hydroxylation sites is 1. The van der Waals surface area contributed by atoms with Gasteiger partial charge in [0.2, 0.25) is 0 Å². The minimum atomic E-state index is -0.514. The molecule has 0 radical (unpaired) electrons. The topological polar surface area (TPSA) is 45.6 Å². The lowest BCUT2D eigenvalue weighted by Crippen LogP contribution is -2.32. The van der Waals surface area contributed by atoms with Gasteiger partial charge in [0.1, 0.15) is 23.5 Å². The summed E-state index contributed by atoms with van der Waals surface area (Å²) in [5.41, 5.74) is 1.08. The monoisotopic (exact) mass is 292 g/mol. The number of aromatic nitrogens is 1. The number of hydrogen-bond donors (Lipinski definition) is 1. The van der Waals surface area contributed by atoms with Gasteiger partial charge in [-0.15, -0.1) is 11.3 Å². The summed E-state index contributed by atoms with van der Waals surface area (Å²) in [6.07, 6.45) is 1.28. The van der Waals surface area contributed by atoms with E-state index in [9.17, 15) is 5.11 Å². The molecule has 0 saturated carbocycles. The van der Waals surface area contributed by atoms with Gasteiger partial charge in [-0.25, -0.2) is 4.98 Å². The number of nitrogens with zero attached hydrogens (tertiary/aromatic N) is 2. The molecule has 4 nitrogen and oxygen atoms in total. The van der Waals surface area contributed by atoms with Crippen LogP contribution in [0.3, 0.4) is 0 Å². The van der Waals surface area contributed by atoms with Crippen LogP contribution in [-0.4, -0.2) is 41.3 Å². The number of rotatable bonds is 7. The quantitative estimate of drug-likeness (QED) is 0.851. The maximum atomic E-state index is 10.0. The van der Waals surface area contributed by atoms with Crippen molar-refractivity contribution in [2.45, 2.75) is 19.6 Å². The average molecular weight is 292 g/mol. The van der Waals surface area contributed by atoms with Crippen LogP contribution in [0.2, 0.25) is 0 Å². The Balaban J connectivity index is 1.75. The summed E-state index contributed by atoms with van der Waals surface area (Å²) in [4.78, 5) is 6.28. The van der Waals surface area contributed by atoms with Crippen LogP contribution in [0.1, 0.15) is 10.6 Å². The van der Waals surface area contributed by atoms with E-state index in [1.165, 1.54) is 0 Å². The van der Waals surface area contributed by atoms with E-state index in [4.69, 9.17) is 4.74 Å². The predicted molar refractivity (Wildman–Crippen MR) is 81.1 cm³/mol. The van der Waals surface area contributed by atoms with Gasteiger partial charge in [-0.05, 0) is 25.6 Å². The summed E-state index contributed by atoms with van der Waals surface area (Å²) in [5.74, 6) is 0.828. The maximum Gasteiger partial charge on any atom is 0.122 e. The average Bonchev–Trinajstić information content (AvgIpc) is 2.90. The molecule has 108 valence electrons. The fraction of sp³-hybridized carbons (Fsp3) is 0.400. The van der Waals surface area contributed by atoms with E-state index in [2.05, 4.69) is 4.98 Å². The highest BCUT2D eigenvalue weighted by atomic mass is 32.1. The summed E-state index contributed by atoms with van der Waals surface area (Å²) in [5, 5.41) is 13.0. The molecule has 5 heteroatoms. The Kier molecular flexibility index (Phi) is 5.52. The summed E-state index contributed by atoms with van der Waals surface area (Å²) in [6, 6.07) is 7.82. The number of ether oxygens (including phenoxy) is 1. The van der Waals surface area contributed by atoms with E-state index in [0.29, 0.717) is 13.2 Å². The Morgan fingerprint density at radius 3 is 2.90 bits per heavy atom. The van der Waals surface area contributed by atoms with Crippen LogP contribution in [0.4, 0.5) is 0 Å². The molecule has 0 fully saturated rings. The first-order valence-electron chi connectivity index (χ1n) is 6.58. The molecule has 0 aliphatic rings. The second-order valence-electron chi connectivity index (χ2n) is 4.85. The number of aliphatic hydroxyl groups excluding tert-OH is 1. The van der Waals surface area contributed by atoms with Crippen LogP contribution in [0.15, 0.2) is 35.8 Å². The molecule has 1 N–H and O–H groups in total. The standard InChI is InChI=1S/C15H20N2O2S/c1-12-5-3-4-6-14(12)19-11-13(18)9-17(2)10-15-16-7-8-20-15/h3-8,13,18H,9-11H2,1-2H3. The van der Waals surface area contributed by atoms with Crippen LogP contribution in [-0.2, 0) is 6.54 Å². The predicted octanol–water partition coefficient (Wildman–Crippen LogP) is 2.32. The Bertz CT molecular complexity index is 516. The van der Waals surface area contributed by atoms with Crippen LogP contribution in [0.5, 0.6) is 5.75 Å². The molecule has 20 heavy (non-hydrogen) atoms. The van der Waals surface area contributed by atoms with Crippen LogP contribution < -0.4 is 4.74 Å². The largest absolute Gasteiger partial charge is 0.491 e. The van der Waals surface area contributed by atoms with Crippen LogP contribution >= 0.6 is 11.3 Å². The zero-order chi connectivity index (χ0) is 14.4. The molecule has 0 spiro atoms. The van der Waals surface area contributed by atoms with Crippen molar-refractivity contribution in [2.75, 3.05) is 20.2 Å². The van der Waals surface area contributed by atoms with Crippen molar-refractivity contribution in [1.29, 1.82) is 0 Å². The Morgan fingerprint density at radius 1 is 1.40 bits per heavy atom. The van der Waals surface area contributed by atoms with Gasteiger partial charge in [0.15, 0.2) is 0 Å². The second-order valence-corrected chi connectivity index (χ2v) is 5.83. The maximum absolute atomic E-state index is 10.0. The molecule has 1 atom stereocenters. The van der Waals surface area contributed by atoms with E-state index in [-0.39, 0.29) is 0 Å². The van der Waals surface area contributed by atoms with Gasteiger partial charge in [0.25, 0.3) is 0 Å². The third kappa shape index (κ3) is 4.59. The third-order valence-corrected chi connectivity index (χ3v) is 3.70. The van der Waals surface area contributed by atoms with Crippen LogP contribution in [0, 0.1) is 6.92 Å². The van der Waals surface area contributed by atoms with E-state index in [1.807, 2.05) is 48.5 Å². The Hall–Kier alpha value is -1.43. The number of hydrogen-bond acceptors (Lipinski definition) is 5. The van der Waals surface area contributed by atoms with Crippen molar-refractivity contribution in [3.8, 4) is 5.75 Å². The highest BCUT2D eigenvalue weighted by Gasteiger charge is 2.11. The van der Waals surface area contributed by atoms with Gasteiger partial charge < -0.3 is 9.84 Å². The minimum Gasteiger partial charge on any atom is -0.491 e. The molecule has 2 aromatic rings. The molecule has 1 unspecified atom stereocenters. The van der Waals surface area contributed by atoms with Crippen molar-refractivity contribution in [1.82, 2.24) is 9.88 Å². The molecule has 1 aromatic carbocycles. The van der Waals surface area contributed by atoms with Gasteiger partial charge in [-0.1, -0.05) is 18.2 Å². The summed E-state index contributed by atoms with van der Waals surface area (Å²) >= 11 is 1.62. The first kappa shape index (κ1) is 15.0. The van der Waals surface area contributed by atoms with E-state index < -0.39 is 6.10 Å². The highest BCUT2D eigenvalue weighted by Crippen LogP contribution is 2.16. The van der Waals surface area contributed by atoms with Crippen molar-refractivity contribution >= 4 is 11.3 Å². The van der Waals surface area contributed by atoms with Crippen molar-refractivity contribution in [2.24, 2.45) is 0 Å². The molecule has 0 aliphatic carbocycles. The zero-order valence-corrected chi connectivity index (χ0v) is 12.6. The lowest BCUT2D eigenvalue weighted by Gasteiger charge is -2.20. The number of aliphatic hydroxyl groups is 1. The van der Waals surface area contributed by atoms with Gasteiger partial charge in [-0.3, -0.25) is 4.90 Å². The molecule has 1 aromatic heterocycles. The summed E-state index contributed by atoms with van der Waals surface area (Å²) in [7, 11) is 1.97. The van der Waals surface area contributed by atoms with E-state index >= 15 is 0 Å². The van der Waals surface area contributed by atoms with Crippen molar-refractivity contribution in [3.05, 3.63) is 46.4 Å². The second kappa shape index (κ2) is 7.38. The molecule has 0 amide bonds. The molecule has 0 bridgehead atoms. The molecule has 1 heterocycles. The summed E-state index contributed by atoms with van der Waals surface area (Å²) < 4.78 is 5.64. The Labute approximate surface area is 123 Å². The first-order chi connectivity index (χ1) is 9.65. The van der Waals surface area contributed by atoms with Gasteiger partial charge >= 0.3 is 0 Å². The number of benzene rings is 1. The van der Waals surface area contributed by atoms with Gasteiger partial charge in [-0.2, -0.15) is 0 Å². The van der Waals surface area contributed by atoms with Crippen LogP contribution in [0.25, 0.3) is 0 Å². The normalized spacial score (nSPS) is 12.6. The molecular weight excluding hydrogens is 272 g/mol. The number of aryl methyl sites for hydroxylation is 1. The lowest BCUT2D eigenvalue weighted by atomic mass is 10.2. The highest BCUT2D eigenvalue weighted by molar-refractivity contribution is 7.09. The molecule has 0 aliphatic heterocycles.